The highest BCUT2D eigenvalue weighted by Crippen LogP contribution is 2.16. The molecular formula is C8H9N2. The minimum absolute atomic E-state index is 0.725. The lowest BCUT2D eigenvalue weighted by Gasteiger charge is -2.17. The lowest BCUT2D eigenvalue weighted by molar-refractivity contribution is 0.695. The summed E-state index contributed by atoms with van der Waals surface area (Å²) in [6.07, 6.45) is 9.42. The molecule has 0 fully saturated rings. The Morgan fingerprint density at radius 1 is 1.50 bits per heavy atom. The molecule has 0 spiro atoms. The Morgan fingerprint density at radius 2 is 2.50 bits per heavy atom. The van der Waals surface area contributed by atoms with Crippen molar-refractivity contribution >= 4 is 0 Å². The number of nitrogens with zero attached hydrogens (tertiary/aromatic N) is 1. The number of allylic oxidation sites excluding steroid dienone is 3. The fraction of sp³-hybridized carbons (Fsp3) is 0.250. The van der Waals surface area contributed by atoms with Crippen molar-refractivity contribution in [3.05, 3.63) is 35.7 Å². The van der Waals surface area contributed by atoms with Gasteiger partial charge in [0.25, 0.3) is 0 Å². The molecule has 0 aromatic heterocycles. The maximum Gasteiger partial charge on any atom is 0.108 e. The van der Waals surface area contributed by atoms with Gasteiger partial charge in [-0.1, -0.05) is 18.2 Å². The van der Waals surface area contributed by atoms with Crippen LogP contribution >= 0.6 is 0 Å². The van der Waals surface area contributed by atoms with E-state index in [1.807, 2.05) is 6.20 Å². The van der Waals surface area contributed by atoms with Crippen LogP contribution in [0, 0.1) is 0 Å². The smallest absolute Gasteiger partial charge is 0.108 e. The van der Waals surface area contributed by atoms with E-state index >= 15 is 0 Å². The summed E-state index contributed by atoms with van der Waals surface area (Å²) in [5.41, 5.74) is 2.35. The van der Waals surface area contributed by atoms with Gasteiger partial charge >= 0.3 is 0 Å². The summed E-state index contributed by atoms with van der Waals surface area (Å²) >= 11 is 0. The number of hydrogen-bond donors (Lipinski definition) is 1. The summed E-state index contributed by atoms with van der Waals surface area (Å²) in [7, 11) is 0. The van der Waals surface area contributed by atoms with Crippen molar-refractivity contribution in [1.82, 2.24) is 10.6 Å². The van der Waals surface area contributed by atoms with E-state index in [4.69, 9.17) is 0 Å². The van der Waals surface area contributed by atoms with Gasteiger partial charge in [0, 0.05) is 11.8 Å². The molecule has 2 aliphatic rings. The summed E-state index contributed by atoms with van der Waals surface area (Å²) in [6, 6.07) is 0. The molecule has 0 unspecified atom stereocenters. The molecule has 0 saturated heterocycles. The van der Waals surface area contributed by atoms with Crippen LogP contribution in [0.1, 0.15) is 6.42 Å². The van der Waals surface area contributed by atoms with Gasteiger partial charge < -0.3 is 5.32 Å². The first-order valence-electron chi connectivity index (χ1n) is 3.45. The second-order valence-electron chi connectivity index (χ2n) is 2.35. The molecule has 2 nitrogen and oxygen atoms in total. The van der Waals surface area contributed by atoms with E-state index in [2.05, 4.69) is 28.9 Å². The lowest BCUT2D eigenvalue weighted by Crippen LogP contribution is -2.25. The van der Waals surface area contributed by atoms with Crippen LogP contribution in [0.2, 0.25) is 0 Å². The third kappa shape index (κ3) is 0.817. The molecule has 2 heteroatoms. The highest BCUT2D eigenvalue weighted by atomic mass is 15.1. The van der Waals surface area contributed by atoms with Crippen molar-refractivity contribution in [3.63, 3.8) is 0 Å². The van der Waals surface area contributed by atoms with E-state index in [1.54, 1.807) is 0 Å². The second-order valence-corrected chi connectivity index (χ2v) is 2.35. The Labute approximate surface area is 60.3 Å². The number of fused-ring (bicyclic) bond motifs is 1. The Bertz CT molecular complexity index is 223. The molecule has 1 heterocycles. The van der Waals surface area contributed by atoms with Crippen LogP contribution in [0.25, 0.3) is 0 Å². The predicted octanol–water partition coefficient (Wildman–Crippen LogP) is 0.879. The topological polar surface area (TPSA) is 26.1 Å². The first-order valence-corrected chi connectivity index (χ1v) is 3.45. The van der Waals surface area contributed by atoms with E-state index in [1.165, 1.54) is 5.57 Å². The summed E-state index contributed by atoms with van der Waals surface area (Å²) in [5.74, 6) is 0. The van der Waals surface area contributed by atoms with Crippen molar-refractivity contribution in [3.8, 4) is 0 Å². The number of hydrogen-bond acceptors (Lipinski definition) is 1. The third-order valence-electron chi connectivity index (χ3n) is 1.64. The lowest BCUT2D eigenvalue weighted by atomic mass is 10.1. The van der Waals surface area contributed by atoms with Gasteiger partial charge in [-0.2, -0.15) is 0 Å². The molecule has 2 rings (SSSR count). The zero-order valence-corrected chi connectivity index (χ0v) is 5.67. The fourth-order valence-corrected chi connectivity index (χ4v) is 1.14. The van der Waals surface area contributed by atoms with Crippen LogP contribution in [-0.2, 0) is 0 Å². The monoisotopic (exact) mass is 133 g/mol. The van der Waals surface area contributed by atoms with E-state index < -0.39 is 0 Å². The molecule has 10 heavy (non-hydrogen) atoms. The molecule has 0 amide bonds. The standard InChI is InChI=1S/C8H9N2/c1-2-4-8-7(3-1)5-9-6-10-8/h1,3-5,9H,2,6H2. The first kappa shape index (κ1) is 5.59. The maximum absolute atomic E-state index is 4.28. The van der Waals surface area contributed by atoms with Gasteiger partial charge in [0.1, 0.15) is 6.67 Å². The number of nitrogens with one attached hydrogen (secondary N) is 1. The molecule has 0 atom stereocenters. The Morgan fingerprint density at radius 3 is 3.40 bits per heavy atom. The van der Waals surface area contributed by atoms with Crippen LogP contribution in [0.4, 0.5) is 0 Å². The molecule has 1 aliphatic heterocycles. The van der Waals surface area contributed by atoms with Crippen molar-refractivity contribution in [2.75, 3.05) is 6.67 Å². The highest BCUT2D eigenvalue weighted by molar-refractivity contribution is 5.42. The maximum atomic E-state index is 4.28. The van der Waals surface area contributed by atoms with Gasteiger partial charge in [-0.05, 0) is 6.42 Å². The molecule has 0 saturated carbocycles. The third-order valence-corrected chi connectivity index (χ3v) is 1.64. The normalized spacial score (nSPS) is 21.6. The molecule has 0 aromatic carbocycles. The van der Waals surface area contributed by atoms with Gasteiger partial charge in [-0.15, -0.1) is 0 Å². The van der Waals surface area contributed by atoms with E-state index in [0.29, 0.717) is 0 Å². The van der Waals surface area contributed by atoms with Gasteiger partial charge in [0.2, 0.25) is 0 Å². The molecule has 0 bridgehead atoms. The van der Waals surface area contributed by atoms with E-state index in [9.17, 15) is 0 Å². The summed E-state index contributed by atoms with van der Waals surface area (Å²) in [5, 5.41) is 7.35. The molecule has 1 aliphatic carbocycles. The zero-order chi connectivity index (χ0) is 6.81. The quantitative estimate of drug-likeness (QED) is 0.521. The zero-order valence-electron chi connectivity index (χ0n) is 5.67. The average Bonchev–Trinajstić information content (AvgIpc) is 2.05. The molecule has 1 radical (unpaired) electrons. The van der Waals surface area contributed by atoms with Gasteiger partial charge in [0.15, 0.2) is 0 Å². The van der Waals surface area contributed by atoms with Crippen molar-refractivity contribution in [1.29, 1.82) is 0 Å². The molecule has 51 valence electrons. The Balaban J connectivity index is 2.32. The van der Waals surface area contributed by atoms with Crippen molar-refractivity contribution in [2.24, 2.45) is 0 Å². The fourth-order valence-electron chi connectivity index (χ4n) is 1.14. The highest BCUT2D eigenvalue weighted by Gasteiger charge is 2.08. The van der Waals surface area contributed by atoms with E-state index in [0.717, 1.165) is 18.8 Å². The van der Waals surface area contributed by atoms with Crippen molar-refractivity contribution in [2.45, 2.75) is 6.42 Å². The summed E-state index contributed by atoms with van der Waals surface area (Å²) in [6.45, 7) is 0.725. The minimum atomic E-state index is 0.725. The van der Waals surface area contributed by atoms with Crippen molar-refractivity contribution < 1.29 is 0 Å². The van der Waals surface area contributed by atoms with Crippen LogP contribution in [0.3, 0.4) is 0 Å². The molecule has 1 N–H and O–H groups in total. The Hall–Kier alpha value is -1.18. The van der Waals surface area contributed by atoms with Gasteiger partial charge in [0.05, 0.1) is 5.70 Å². The second kappa shape index (κ2) is 2.21. The van der Waals surface area contributed by atoms with Gasteiger partial charge in [-0.25, -0.2) is 0 Å². The largest absolute Gasteiger partial charge is 0.372 e. The predicted molar refractivity (Wildman–Crippen MR) is 40.1 cm³/mol. The summed E-state index contributed by atoms with van der Waals surface area (Å²) < 4.78 is 0. The minimum Gasteiger partial charge on any atom is -0.372 e. The molecule has 0 aromatic rings. The van der Waals surface area contributed by atoms with Crippen LogP contribution in [0.5, 0.6) is 0 Å². The van der Waals surface area contributed by atoms with Crippen LogP contribution < -0.4 is 10.6 Å². The Kier molecular flexibility index (Phi) is 1.24. The first-order chi connectivity index (χ1) is 4.97. The molecular weight excluding hydrogens is 124 g/mol. The van der Waals surface area contributed by atoms with Crippen LogP contribution in [0.15, 0.2) is 35.7 Å². The van der Waals surface area contributed by atoms with Gasteiger partial charge in [-0.3, -0.25) is 5.32 Å². The van der Waals surface area contributed by atoms with E-state index in [-0.39, 0.29) is 0 Å². The summed E-state index contributed by atoms with van der Waals surface area (Å²) in [4.78, 5) is 0. The van der Waals surface area contributed by atoms with Crippen LogP contribution in [-0.4, -0.2) is 6.67 Å². The SMILES string of the molecule is C1=CC2=CNC[N]C2=CC1. The number of rotatable bonds is 0. The average molecular weight is 133 g/mol.